The van der Waals surface area contributed by atoms with E-state index in [9.17, 15) is 4.79 Å². The van der Waals surface area contributed by atoms with E-state index < -0.39 is 0 Å². The SMILES string of the molecule is COc1ccc(-c2nccn3cc(C(=O)NCc4cccnc4)nc23)cc1. The molecule has 1 N–H and O–H groups in total. The first-order valence-electron chi connectivity index (χ1n) is 8.40. The summed E-state index contributed by atoms with van der Waals surface area (Å²) in [5.41, 5.74) is 3.48. The van der Waals surface area contributed by atoms with Gasteiger partial charge in [0.1, 0.15) is 17.1 Å². The van der Waals surface area contributed by atoms with Crippen LogP contribution in [0.3, 0.4) is 0 Å². The number of nitrogens with one attached hydrogen (secondary N) is 1. The van der Waals surface area contributed by atoms with E-state index >= 15 is 0 Å². The number of hydrogen-bond acceptors (Lipinski definition) is 5. The van der Waals surface area contributed by atoms with Crippen LogP contribution in [0.5, 0.6) is 5.75 Å². The predicted molar refractivity (Wildman–Crippen MR) is 100 cm³/mol. The molecule has 0 unspecified atom stereocenters. The molecule has 134 valence electrons. The number of amides is 1. The Balaban J connectivity index is 1.61. The Bertz CT molecular complexity index is 1070. The molecule has 4 rings (SSSR count). The van der Waals surface area contributed by atoms with Crippen molar-refractivity contribution in [2.45, 2.75) is 6.54 Å². The zero-order chi connectivity index (χ0) is 18.6. The third-order valence-corrected chi connectivity index (χ3v) is 4.15. The van der Waals surface area contributed by atoms with E-state index in [1.165, 1.54) is 0 Å². The van der Waals surface area contributed by atoms with Gasteiger partial charge < -0.3 is 14.5 Å². The lowest BCUT2D eigenvalue weighted by atomic mass is 10.1. The quantitative estimate of drug-likeness (QED) is 0.592. The van der Waals surface area contributed by atoms with Gasteiger partial charge in [-0.05, 0) is 35.9 Å². The Morgan fingerprint density at radius 1 is 1.19 bits per heavy atom. The molecule has 7 heteroatoms. The summed E-state index contributed by atoms with van der Waals surface area (Å²) in [7, 11) is 1.62. The normalized spacial score (nSPS) is 10.7. The van der Waals surface area contributed by atoms with Crippen LogP contribution in [0, 0.1) is 0 Å². The van der Waals surface area contributed by atoms with Gasteiger partial charge >= 0.3 is 0 Å². The molecule has 1 amide bonds. The molecule has 27 heavy (non-hydrogen) atoms. The molecule has 0 aliphatic heterocycles. The topological polar surface area (TPSA) is 81.4 Å². The first kappa shape index (κ1) is 16.7. The van der Waals surface area contributed by atoms with Crippen molar-refractivity contribution in [3.8, 4) is 17.0 Å². The summed E-state index contributed by atoms with van der Waals surface area (Å²) in [6, 6.07) is 11.3. The average molecular weight is 359 g/mol. The summed E-state index contributed by atoms with van der Waals surface area (Å²) < 4.78 is 6.99. The van der Waals surface area contributed by atoms with Crippen molar-refractivity contribution in [2.24, 2.45) is 0 Å². The number of carbonyl (C=O) groups is 1. The van der Waals surface area contributed by atoms with E-state index in [2.05, 4.69) is 20.3 Å². The molecule has 0 aliphatic carbocycles. The fourth-order valence-electron chi connectivity index (χ4n) is 2.76. The van der Waals surface area contributed by atoms with Gasteiger partial charge in [0.25, 0.3) is 5.91 Å². The first-order chi connectivity index (χ1) is 13.2. The number of nitrogens with zero attached hydrogens (tertiary/aromatic N) is 4. The van der Waals surface area contributed by atoms with Gasteiger partial charge in [-0.25, -0.2) is 4.98 Å². The zero-order valence-corrected chi connectivity index (χ0v) is 14.7. The van der Waals surface area contributed by atoms with Crippen molar-refractivity contribution >= 4 is 11.6 Å². The molecular formula is C20H17N5O2. The molecule has 0 bridgehead atoms. The third kappa shape index (κ3) is 3.48. The highest BCUT2D eigenvalue weighted by Crippen LogP contribution is 2.24. The van der Waals surface area contributed by atoms with Gasteiger partial charge in [0.05, 0.1) is 7.11 Å². The molecule has 0 spiro atoms. The minimum Gasteiger partial charge on any atom is -0.497 e. The van der Waals surface area contributed by atoms with Gasteiger partial charge in [-0.3, -0.25) is 14.8 Å². The zero-order valence-electron chi connectivity index (χ0n) is 14.7. The molecule has 4 aromatic rings. The van der Waals surface area contributed by atoms with Crippen LogP contribution in [0.4, 0.5) is 0 Å². The molecule has 0 aliphatic rings. The van der Waals surface area contributed by atoms with Gasteiger partial charge in [0, 0.05) is 43.1 Å². The number of pyridine rings is 1. The van der Waals surface area contributed by atoms with Crippen LogP contribution in [-0.2, 0) is 6.54 Å². The summed E-state index contributed by atoms with van der Waals surface area (Å²) >= 11 is 0. The van der Waals surface area contributed by atoms with Crippen molar-refractivity contribution in [1.29, 1.82) is 0 Å². The lowest BCUT2D eigenvalue weighted by Gasteiger charge is -2.04. The molecule has 0 atom stereocenters. The fraction of sp³-hybridized carbons (Fsp3) is 0.100. The number of methoxy groups -OCH3 is 1. The summed E-state index contributed by atoms with van der Waals surface area (Å²) in [4.78, 5) is 25.4. The van der Waals surface area contributed by atoms with Crippen LogP contribution in [0.15, 0.2) is 67.4 Å². The smallest absolute Gasteiger partial charge is 0.271 e. The molecule has 0 saturated carbocycles. The van der Waals surface area contributed by atoms with Gasteiger partial charge in [-0.1, -0.05) is 6.07 Å². The molecule has 1 aromatic carbocycles. The summed E-state index contributed by atoms with van der Waals surface area (Å²) in [6.45, 7) is 0.393. The van der Waals surface area contributed by atoms with E-state index in [0.29, 0.717) is 23.6 Å². The molecule has 0 radical (unpaired) electrons. The molecule has 0 fully saturated rings. The minimum atomic E-state index is -0.247. The number of benzene rings is 1. The summed E-state index contributed by atoms with van der Waals surface area (Å²) in [5, 5.41) is 2.86. The largest absolute Gasteiger partial charge is 0.497 e. The Hall–Kier alpha value is -3.74. The van der Waals surface area contributed by atoms with E-state index in [-0.39, 0.29) is 5.91 Å². The number of ether oxygens (including phenoxy) is 1. The van der Waals surface area contributed by atoms with E-state index in [1.807, 2.05) is 36.4 Å². The molecular weight excluding hydrogens is 342 g/mol. The number of rotatable bonds is 5. The number of carbonyl (C=O) groups excluding carboxylic acids is 1. The molecule has 7 nitrogen and oxygen atoms in total. The molecule has 3 heterocycles. The maximum absolute atomic E-state index is 12.5. The average Bonchev–Trinajstić information content (AvgIpc) is 3.17. The van der Waals surface area contributed by atoms with Crippen LogP contribution >= 0.6 is 0 Å². The second-order valence-electron chi connectivity index (χ2n) is 5.91. The van der Waals surface area contributed by atoms with Gasteiger partial charge in [-0.15, -0.1) is 0 Å². The number of fused-ring (bicyclic) bond motifs is 1. The summed E-state index contributed by atoms with van der Waals surface area (Å²) in [5.74, 6) is 0.521. The van der Waals surface area contributed by atoms with Gasteiger partial charge in [0.15, 0.2) is 5.65 Å². The Kier molecular flexibility index (Phi) is 4.49. The monoisotopic (exact) mass is 359 g/mol. The lowest BCUT2D eigenvalue weighted by molar-refractivity contribution is 0.0946. The summed E-state index contributed by atoms with van der Waals surface area (Å²) in [6.07, 6.45) is 8.57. The predicted octanol–water partition coefficient (Wildman–Crippen LogP) is 2.73. The van der Waals surface area contributed by atoms with E-state index in [0.717, 1.165) is 16.9 Å². The van der Waals surface area contributed by atoms with E-state index in [4.69, 9.17) is 4.74 Å². The third-order valence-electron chi connectivity index (χ3n) is 4.15. The fourth-order valence-corrected chi connectivity index (χ4v) is 2.76. The molecule has 0 saturated heterocycles. The highest BCUT2D eigenvalue weighted by molar-refractivity contribution is 5.93. The maximum atomic E-state index is 12.5. The Labute approximate surface area is 155 Å². The van der Waals surface area contributed by atoms with E-state index in [1.54, 1.807) is 42.5 Å². The maximum Gasteiger partial charge on any atom is 0.271 e. The van der Waals surface area contributed by atoms with Crippen molar-refractivity contribution in [1.82, 2.24) is 24.7 Å². The molecule has 3 aromatic heterocycles. The number of imidazole rings is 1. The highest BCUT2D eigenvalue weighted by Gasteiger charge is 2.14. The first-order valence-corrected chi connectivity index (χ1v) is 8.40. The van der Waals surface area contributed by atoms with Gasteiger partial charge in [0.2, 0.25) is 0 Å². The van der Waals surface area contributed by atoms with Crippen molar-refractivity contribution < 1.29 is 9.53 Å². The van der Waals surface area contributed by atoms with Crippen LogP contribution < -0.4 is 10.1 Å². The minimum absolute atomic E-state index is 0.247. The second kappa shape index (κ2) is 7.25. The van der Waals surface area contributed by atoms with Crippen molar-refractivity contribution in [3.05, 3.63) is 78.6 Å². The Morgan fingerprint density at radius 2 is 2.04 bits per heavy atom. The number of hydrogen-bond donors (Lipinski definition) is 1. The van der Waals surface area contributed by atoms with Gasteiger partial charge in [-0.2, -0.15) is 0 Å². The lowest BCUT2D eigenvalue weighted by Crippen LogP contribution is -2.23. The van der Waals surface area contributed by atoms with Crippen LogP contribution in [0.1, 0.15) is 16.1 Å². The van der Waals surface area contributed by atoms with Crippen LogP contribution in [-0.4, -0.2) is 32.4 Å². The standard InChI is InChI=1S/C20H17N5O2/c1-27-16-6-4-15(5-7-16)18-19-24-17(13-25(19)10-9-22-18)20(26)23-12-14-3-2-8-21-11-14/h2-11,13H,12H2,1H3,(H,23,26). The number of aromatic nitrogens is 4. The highest BCUT2D eigenvalue weighted by atomic mass is 16.5. The van der Waals surface area contributed by atoms with Crippen LogP contribution in [0.25, 0.3) is 16.9 Å². The van der Waals surface area contributed by atoms with Crippen LogP contribution in [0.2, 0.25) is 0 Å². The second-order valence-corrected chi connectivity index (χ2v) is 5.91. The van der Waals surface area contributed by atoms with Crippen molar-refractivity contribution in [2.75, 3.05) is 7.11 Å². The van der Waals surface area contributed by atoms with Crippen molar-refractivity contribution in [3.63, 3.8) is 0 Å². The Morgan fingerprint density at radius 3 is 2.78 bits per heavy atom.